The molecule has 2 aromatic rings. The van der Waals surface area contributed by atoms with Crippen LogP contribution in [0.2, 0.25) is 5.02 Å². The quantitative estimate of drug-likeness (QED) is 0.912. The van der Waals surface area contributed by atoms with Crippen LogP contribution in [0.5, 0.6) is 5.75 Å². The Hall–Kier alpha value is -1.73. The number of aliphatic hydroxyl groups is 1. The van der Waals surface area contributed by atoms with E-state index in [1.807, 2.05) is 0 Å². The van der Waals surface area contributed by atoms with Crippen LogP contribution in [0.25, 0.3) is 0 Å². The lowest BCUT2D eigenvalue weighted by atomic mass is 10.2. The molecule has 0 aliphatic heterocycles. The number of aromatic nitrogens is 2. The van der Waals surface area contributed by atoms with Gasteiger partial charge in [0.2, 0.25) is 0 Å². The molecule has 0 radical (unpaired) electrons. The number of nitrogens with zero attached hydrogens (tertiary/aromatic N) is 2. The molecule has 4 nitrogen and oxygen atoms in total. The lowest BCUT2D eigenvalue weighted by molar-refractivity contribution is -0.137. The summed E-state index contributed by atoms with van der Waals surface area (Å²) < 4.78 is 44.4. The van der Waals surface area contributed by atoms with E-state index in [0.717, 1.165) is 12.1 Å². The fraction of sp³-hybridized carbons (Fsp3) is 0.357. The molecule has 1 aromatic heterocycles. The smallest absolute Gasteiger partial charge is 0.416 e. The fourth-order valence-corrected chi connectivity index (χ4v) is 1.96. The molecule has 1 atom stereocenters. The highest BCUT2D eigenvalue weighted by Crippen LogP contribution is 2.31. The first kappa shape index (κ1) is 16.6. The van der Waals surface area contributed by atoms with Gasteiger partial charge in [0.25, 0.3) is 0 Å². The summed E-state index contributed by atoms with van der Waals surface area (Å²) in [6.45, 7) is 1.73. The fourth-order valence-electron chi connectivity index (χ4n) is 1.81. The maximum atomic E-state index is 12.6. The Morgan fingerprint density at radius 2 is 2.14 bits per heavy atom. The van der Waals surface area contributed by atoms with E-state index in [4.69, 9.17) is 16.3 Å². The van der Waals surface area contributed by atoms with Crippen molar-refractivity contribution in [3.05, 3.63) is 46.7 Å². The van der Waals surface area contributed by atoms with Gasteiger partial charge in [0.05, 0.1) is 29.0 Å². The Balaban J connectivity index is 1.94. The predicted octanol–water partition coefficient (Wildman–Crippen LogP) is 3.30. The van der Waals surface area contributed by atoms with Crippen LogP contribution in [0.15, 0.2) is 30.5 Å². The van der Waals surface area contributed by atoms with E-state index in [1.165, 1.54) is 23.0 Å². The van der Waals surface area contributed by atoms with Gasteiger partial charge in [0.1, 0.15) is 18.5 Å². The van der Waals surface area contributed by atoms with Crippen LogP contribution in [0.4, 0.5) is 13.2 Å². The second-order valence-corrected chi connectivity index (χ2v) is 5.16. The molecule has 0 aliphatic carbocycles. The van der Waals surface area contributed by atoms with Crippen molar-refractivity contribution in [1.29, 1.82) is 0 Å². The van der Waals surface area contributed by atoms with Crippen LogP contribution in [-0.4, -0.2) is 27.6 Å². The van der Waals surface area contributed by atoms with Gasteiger partial charge in [0.15, 0.2) is 0 Å². The maximum Gasteiger partial charge on any atom is 0.416 e. The molecule has 1 N–H and O–H groups in total. The van der Waals surface area contributed by atoms with Crippen molar-refractivity contribution >= 4 is 11.6 Å². The summed E-state index contributed by atoms with van der Waals surface area (Å²) in [5, 5.41) is 14.3. The second-order valence-electron chi connectivity index (χ2n) is 4.75. The minimum atomic E-state index is -4.43. The van der Waals surface area contributed by atoms with E-state index in [2.05, 4.69) is 5.10 Å². The first-order valence-electron chi connectivity index (χ1n) is 6.43. The molecule has 8 heteroatoms. The van der Waals surface area contributed by atoms with Crippen molar-refractivity contribution in [2.45, 2.75) is 25.7 Å². The highest BCUT2D eigenvalue weighted by atomic mass is 35.5. The van der Waals surface area contributed by atoms with Crippen molar-refractivity contribution < 1.29 is 23.0 Å². The Labute approximate surface area is 130 Å². The van der Waals surface area contributed by atoms with Crippen LogP contribution in [0.3, 0.4) is 0 Å². The van der Waals surface area contributed by atoms with Crippen LogP contribution in [0, 0.1) is 6.92 Å². The second kappa shape index (κ2) is 6.58. The first-order chi connectivity index (χ1) is 10.3. The summed E-state index contributed by atoms with van der Waals surface area (Å²) in [5.41, 5.74) is -0.103. The number of alkyl halides is 3. The average Bonchev–Trinajstić information content (AvgIpc) is 2.77. The molecule has 0 spiro atoms. The molecule has 1 heterocycles. The monoisotopic (exact) mass is 334 g/mol. The normalized spacial score (nSPS) is 13.2. The van der Waals surface area contributed by atoms with Crippen LogP contribution in [0.1, 0.15) is 11.3 Å². The summed E-state index contributed by atoms with van der Waals surface area (Å²) in [4.78, 5) is 0. The SMILES string of the molecule is Cc1c(Cl)cnn1CC(O)COc1cccc(C(F)(F)F)c1. The third kappa shape index (κ3) is 4.14. The molecular formula is C14H14ClF3N2O2. The molecule has 1 aromatic carbocycles. The summed E-state index contributed by atoms with van der Waals surface area (Å²) in [5.74, 6) is 0.0455. The van der Waals surface area contributed by atoms with Gasteiger partial charge in [-0.25, -0.2) is 0 Å². The van der Waals surface area contributed by atoms with Gasteiger partial charge < -0.3 is 9.84 Å². The molecule has 0 aliphatic rings. The van der Waals surface area contributed by atoms with Crippen LogP contribution < -0.4 is 4.74 Å². The van der Waals surface area contributed by atoms with Gasteiger partial charge in [-0.3, -0.25) is 4.68 Å². The Morgan fingerprint density at radius 3 is 2.73 bits per heavy atom. The molecule has 22 heavy (non-hydrogen) atoms. The molecule has 1 unspecified atom stereocenters. The summed E-state index contributed by atoms with van der Waals surface area (Å²) in [7, 11) is 0. The molecule has 0 fully saturated rings. The third-order valence-electron chi connectivity index (χ3n) is 3.03. The molecule has 2 rings (SSSR count). The lowest BCUT2D eigenvalue weighted by Gasteiger charge is -2.14. The molecule has 0 saturated heterocycles. The van der Waals surface area contributed by atoms with E-state index < -0.39 is 17.8 Å². The zero-order chi connectivity index (χ0) is 16.3. The number of rotatable bonds is 5. The van der Waals surface area contributed by atoms with E-state index in [1.54, 1.807) is 6.92 Å². The van der Waals surface area contributed by atoms with Crippen LogP contribution in [-0.2, 0) is 12.7 Å². The number of benzene rings is 1. The standard InChI is InChI=1S/C14H14ClF3N2O2/c1-9-13(15)6-19-20(9)7-11(21)8-22-12-4-2-3-10(5-12)14(16,17)18/h2-6,11,21H,7-8H2,1H3. The maximum absolute atomic E-state index is 12.6. The van der Waals surface area contributed by atoms with Crippen molar-refractivity contribution in [2.75, 3.05) is 6.61 Å². The van der Waals surface area contributed by atoms with E-state index in [9.17, 15) is 18.3 Å². The van der Waals surface area contributed by atoms with E-state index >= 15 is 0 Å². The topological polar surface area (TPSA) is 47.3 Å². The van der Waals surface area contributed by atoms with Gasteiger partial charge in [-0.05, 0) is 25.1 Å². The minimum Gasteiger partial charge on any atom is -0.491 e. The molecule has 120 valence electrons. The minimum absolute atomic E-state index is 0.0455. The van der Waals surface area contributed by atoms with Gasteiger partial charge in [-0.1, -0.05) is 17.7 Å². The largest absolute Gasteiger partial charge is 0.491 e. The summed E-state index contributed by atoms with van der Waals surface area (Å²) >= 11 is 5.84. The number of hydrogen-bond donors (Lipinski definition) is 1. The number of hydrogen-bond acceptors (Lipinski definition) is 3. The Morgan fingerprint density at radius 1 is 1.41 bits per heavy atom. The van der Waals surface area contributed by atoms with Crippen molar-refractivity contribution in [1.82, 2.24) is 9.78 Å². The summed E-state index contributed by atoms with van der Waals surface area (Å²) in [6.07, 6.45) is -3.90. The number of ether oxygens (including phenoxy) is 1. The zero-order valence-corrected chi connectivity index (χ0v) is 12.4. The lowest BCUT2D eigenvalue weighted by Crippen LogP contribution is -2.24. The number of halogens is 4. The van der Waals surface area contributed by atoms with Crippen molar-refractivity contribution in [2.24, 2.45) is 0 Å². The predicted molar refractivity (Wildman–Crippen MR) is 74.9 cm³/mol. The average molecular weight is 335 g/mol. The van der Waals surface area contributed by atoms with E-state index in [0.29, 0.717) is 10.7 Å². The van der Waals surface area contributed by atoms with Gasteiger partial charge >= 0.3 is 6.18 Å². The van der Waals surface area contributed by atoms with Gasteiger partial charge in [-0.2, -0.15) is 18.3 Å². The molecule has 0 bridgehead atoms. The first-order valence-corrected chi connectivity index (χ1v) is 6.81. The molecule has 0 saturated carbocycles. The van der Waals surface area contributed by atoms with E-state index in [-0.39, 0.29) is 18.9 Å². The zero-order valence-electron chi connectivity index (χ0n) is 11.6. The molecule has 0 amide bonds. The Bertz CT molecular complexity index is 643. The Kier molecular flexibility index (Phi) is 4.97. The summed E-state index contributed by atoms with van der Waals surface area (Å²) in [6, 6.07) is 4.50. The number of aliphatic hydroxyl groups excluding tert-OH is 1. The van der Waals surface area contributed by atoms with Gasteiger partial charge in [-0.15, -0.1) is 0 Å². The highest BCUT2D eigenvalue weighted by Gasteiger charge is 2.30. The van der Waals surface area contributed by atoms with Crippen molar-refractivity contribution in [3.8, 4) is 5.75 Å². The highest BCUT2D eigenvalue weighted by molar-refractivity contribution is 6.31. The van der Waals surface area contributed by atoms with Crippen LogP contribution >= 0.6 is 11.6 Å². The molecular weight excluding hydrogens is 321 g/mol. The van der Waals surface area contributed by atoms with Gasteiger partial charge in [0, 0.05) is 0 Å². The third-order valence-corrected chi connectivity index (χ3v) is 3.40. The van der Waals surface area contributed by atoms with Crippen molar-refractivity contribution in [3.63, 3.8) is 0 Å².